The van der Waals surface area contributed by atoms with Gasteiger partial charge in [-0.1, -0.05) is 25.1 Å². The predicted octanol–water partition coefficient (Wildman–Crippen LogP) is 1.98. The van der Waals surface area contributed by atoms with Crippen molar-refractivity contribution in [2.45, 2.75) is 18.9 Å². The first-order chi connectivity index (χ1) is 14.0. The maximum absolute atomic E-state index is 12.9. The van der Waals surface area contributed by atoms with Gasteiger partial charge in [-0.05, 0) is 18.2 Å². The van der Waals surface area contributed by atoms with E-state index in [1.54, 1.807) is 26.3 Å². The number of rotatable bonds is 6. The number of amides is 2. The molecule has 0 bridgehead atoms. The van der Waals surface area contributed by atoms with Gasteiger partial charge in [0.15, 0.2) is 0 Å². The summed E-state index contributed by atoms with van der Waals surface area (Å²) in [5, 5.41) is 5.67. The first-order valence-electron chi connectivity index (χ1n) is 9.79. The summed E-state index contributed by atoms with van der Waals surface area (Å²) < 4.78 is 10.9. The van der Waals surface area contributed by atoms with Crippen LogP contribution in [-0.4, -0.2) is 50.2 Å². The molecule has 1 saturated heterocycles. The Bertz CT molecular complexity index is 935. The van der Waals surface area contributed by atoms with E-state index < -0.39 is 0 Å². The molecule has 2 fully saturated rings. The number of hydrogen-bond donors (Lipinski definition) is 2. The topological polar surface area (TPSA) is 89.6 Å². The number of benzene rings is 1. The van der Waals surface area contributed by atoms with Gasteiger partial charge in [-0.3, -0.25) is 9.59 Å². The molecule has 1 unspecified atom stereocenters. The van der Waals surface area contributed by atoms with E-state index in [9.17, 15) is 9.59 Å². The van der Waals surface area contributed by atoms with Gasteiger partial charge in [-0.2, -0.15) is 0 Å². The van der Waals surface area contributed by atoms with Gasteiger partial charge in [0.2, 0.25) is 0 Å². The Morgan fingerprint density at radius 1 is 1.17 bits per heavy atom. The van der Waals surface area contributed by atoms with Crippen LogP contribution in [0.15, 0.2) is 36.4 Å². The van der Waals surface area contributed by atoms with E-state index >= 15 is 0 Å². The molecule has 1 aromatic heterocycles. The number of para-hydroxylation sites is 1. The molecule has 2 heterocycles. The molecule has 2 N–H and O–H groups in total. The van der Waals surface area contributed by atoms with Crippen molar-refractivity contribution in [3.05, 3.63) is 58.9 Å². The smallest absolute Gasteiger partial charge is 0.269 e. The lowest BCUT2D eigenvalue weighted by molar-refractivity contribution is 0.0928. The Morgan fingerprint density at radius 3 is 2.59 bits per heavy atom. The second kappa shape index (κ2) is 7.83. The summed E-state index contributed by atoms with van der Waals surface area (Å²) in [5.41, 5.74) is 2.23. The van der Waals surface area contributed by atoms with Crippen LogP contribution in [0.4, 0.5) is 0 Å². The molecule has 4 atom stereocenters. The van der Waals surface area contributed by atoms with E-state index in [-0.39, 0.29) is 29.5 Å². The first-order valence-corrected chi connectivity index (χ1v) is 9.79. The van der Waals surface area contributed by atoms with Crippen molar-refractivity contribution >= 4 is 11.8 Å². The van der Waals surface area contributed by atoms with Crippen molar-refractivity contribution in [2.24, 2.45) is 11.8 Å². The summed E-state index contributed by atoms with van der Waals surface area (Å²) in [5.74, 6) is 0.882. The normalized spacial score (nSPS) is 23.1. The number of pyridine rings is 1. The van der Waals surface area contributed by atoms with Crippen molar-refractivity contribution in [1.29, 1.82) is 0 Å². The quantitative estimate of drug-likeness (QED) is 0.781. The number of methoxy groups -OCH3 is 1. The highest BCUT2D eigenvalue weighted by Crippen LogP contribution is 2.44. The highest BCUT2D eigenvalue weighted by molar-refractivity contribution is 5.99. The Balaban J connectivity index is 1.65. The van der Waals surface area contributed by atoms with E-state index in [1.807, 2.05) is 31.2 Å². The molecule has 2 aliphatic rings. The summed E-state index contributed by atoms with van der Waals surface area (Å²) in [6.07, 6.45) is 0. The Morgan fingerprint density at radius 2 is 1.90 bits per heavy atom. The number of carbonyl (C=O) groups is 2. The molecule has 4 rings (SSSR count). The lowest BCUT2D eigenvalue weighted by atomic mass is 9.95. The molecule has 29 heavy (non-hydrogen) atoms. The van der Waals surface area contributed by atoms with E-state index in [2.05, 4.69) is 15.6 Å². The molecule has 7 heteroatoms. The highest BCUT2D eigenvalue weighted by Gasteiger charge is 2.54. The number of hydrogen-bond acceptors (Lipinski definition) is 5. The van der Waals surface area contributed by atoms with Gasteiger partial charge in [0, 0.05) is 47.7 Å². The van der Waals surface area contributed by atoms with Crippen LogP contribution in [0.2, 0.25) is 0 Å². The van der Waals surface area contributed by atoms with E-state index in [1.165, 1.54) is 0 Å². The van der Waals surface area contributed by atoms with Crippen molar-refractivity contribution in [3.63, 3.8) is 0 Å². The predicted molar refractivity (Wildman–Crippen MR) is 107 cm³/mol. The van der Waals surface area contributed by atoms with Crippen LogP contribution in [0.5, 0.6) is 5.75 Å². The highest BCUT2D eigenvalue weighted by atomic mass is 16.5. The van der Waals surface area contributed by atoms with Gasteiger partial charge in [0.05, 0.1) is 20.3 Å². The molecule has 0 radical (unpaired) electrons. The Hall–Kier alpha value is -2.93. The molecule has 2 amide bonds. The summed E-state index contributed by atoms with van der Waals surface area (Å²) in [6.45, 7) is 3.38. The third-order valence-corrected chi connectivity index (χ3v) is 5.87. The van der Waals surface area contributed by atoms with Crippen molar-refractivity contribution < 1.29 is 19.1 Å². The number of aromatic nitrogens is 1. The Labute approximate surface area is 169 Å². The molecule has 152 valence electrons. The molecule has 2 aromatic rings. The van der Waals surface area contributed by atoms with Crippen LogP contribution in [-0.2, 0) is 4.74 Å². The van der Waals surface area contributed by atoms with Crippen LogP contribution < -0.4 is 15.4 Å². The van der Waals surface area contributed by atoms with Crippen molar-refractivity contribution in [3.8, 4) is 5.75 Å². The first kappa shape index (κ1) is 19.4. The molecule has 0 spiro atoms. The summed E-state index contributed by atoms with van der Waals surface area (Å²) in [7, 11) is 3.17. The maximum Gasteiger partial charge on any atom is 0.269 e. The summed E-state index contributed by atoms with van der Waals surface area (Å²) in [4.78, 5) is 29.7. The molecular formula is C22H25N3O4. The van der Waals surface area contributed by atoms with Gasteiger partial charge in [0.1, 0.15) is 11.4 Å². The molecule has 1 aliphatic carbocycles. The zero-order valence-electron chi connectivity index (χ0n) is 16.8. The fourth-order valence-electron chi connectivity index (χ4n) is 4.02. The SMILES string of the molecule is CNC(=O)c1cc(C(=O)NC2[C@H]3COC[C@@H]23)cc([C@H](C)c2ccccc2OC)n1. The largest absolute Gasteiger partial charge is 0.496 e. The molecule has 1 aromatic carbocycles. The fourth-order valence-corrected chi connectivity index (χ4v) is 4.02. The number of fused-ring (bicyclic) bond motifs is 1. The molecule has 7 nitrogen and oxygen atoms in total. The Kier molecular flexibility index (Phi) is 5.24. The lowest BCUT2D eigenvalue weighted by Gasteiger charge is -2.17. The van der Waals surface area contributed by atoms with Gasteiger partial charge in [-0.15, -0.1) is 0 Å². The minimum absolute atomic E-state index is 0.156. The average molecular weight is 395 g/mol. The minimum Gasteiger partial charge on any atom is -0.496 e. The summed E-state index contributed by atoms with van der Waals surface area (Å²) in [6, 6.07) is 11.1. The summed E-state index contributed by atoms with van der Waals surface area (Å²) >= 11 is 0. The molecule has 1 saturated carbocycles. The van der Waals surface area contributed by atoms with Gasteiger partial charge in [0.25, 0.3) is 11.8 Å². The van der Waals surface area contributed by atoms with Crippen LogP contribution in [0, 0.1) is 11.8 Å². The lowest BCUT2D eigenvalue weighted by Crippen LogP contribution is -2.30. The van der Waals surface area contributed by atoms with Gasteiger partial charge < -0.3 is 20.1 Å². The van der Waals surface area contributed by atoms with Gasteiger partial charge >= 0.3 is 0 Å². The maximum atomic E-state index is 12.9. The van der Waals surface area contributed by atoms with E-state index in [4.69, 9.17) is 9.47 Å². The fraction of sp³-hybridized carbons (Fsp3) is 0.409. The van der Waals surface area contributed by atoms with E-state index in [0.29, 0.717) is 36.3 Å². The third-order valence-electron chi connectivity index (χ3n) is 5.87. The monoisotopic (exact) mass is 395 g/mol. The van der Waals surface area contributed by atoms with Crippen LogP contribution >= 0.6 is 0 Å². The number of ether oxygens (including phenoxy) is 2. The minimum atomic E-state index is -0.329. The molecule has 1 aliphatic heterocycles. The molecular weight excluding hydrogens is 370 g/mol. The zero-order valence-corrected chi connectivity index (χ0v) is 16.8. The van der Waals surface area contributed by atoms with Crippen molar-refractivity contribution in [2.75, 3.05) is 27.4 Å². The van der Waals surface area contributed by atoms with Crippen LogP contribution in [0.25, 0.3) is 0 Å². The zero-order chi connectivity index (χ0) is 20.5. The standard InChI is InChI=1S/C22H25N3O4/c1-12(14-6-4-5-7-19(14)28-3)17-8-13(9-18(24-17)22(27)23-2)21(26)25-20-15-10-29-11-16(15)20/h4-9,12,15-16,20H,10-11H2,1-3H3,(H,23,27)(H,25,26)/t12-,15-,16+,20?/m1/s1. The third kappa shape index (κ3) is 3.70. The number of nitrogens with zero attached hydrogens (tertiary/aromatic N) is 1. The van der Waals surface area contributed by atoms with Crippen LogP contribution in [0.3, 0.4) is 0 Å². The van der Waals surface area contributed by atoms with Crippen molar-refractivity contribution in [1.82, 2.24) is 15.6 Å². The second-order valence-electron chi connectivity index (χ2n) is 7.57. The van der Waals surface area contributed by atoms with Gasteiger partial charge in [-0.25, -0.2) is 4.98 Å². The number of nitrogens with one attached hydrogen (secondary N) is 2. The van der Waals surface area contributed by atoms with E-state index in [0.717, 1.165) is 11.3 Å². The average Bonchev–Trinajstić information content (AvgIpc) is 3.17. The second-order valence-corrected chi connectivity index (χ2v) is 7.57. The van der Waals surface area contributed by atoms with Crippen LogP contribution in [0.1, 0.15) is 44.9 Å². The number of carbonyl (C=O) groups excluding carboxylic acids is 2.